The van der Waals surface area contributed by atoms with Crippen LogP contribution in [-0.4, -0.2) is 38.1 Å². The first kappa shape index (κ1) is 16.6. The highest BCUT2D eigenvalue weighted by atomic mass is 79.9. The number of anilines is 1. The fraction of sp³-hybridized carbons (Fsp3) is 0.600. The van der Waals surface area contributed by atoms with Gasteiger partial charge in [0.1, 0.15) is 0 Å². The molecule has 1 aliphatic heterocycles. The molecule has 0 aromatic heterocycles. The maximum absolute atomic E-state index is 13.2. The molecule has 0 radical (unpaired) electrons. The molecule has 0 unspecified atom stereocenters. The summed E-state index contributed by atoms with van der Waals surface area (Å²) in [6.07, 6.45) is -1.94. The minimum atomic E-state index is -4.32. The third kappa shape index (κ3) is 4.36. The van der Waals surface area contributed by atoms with Gasteiger partial charge in [-0.2, -0.15) is 13.2 Å². The van der Waals surface area contributed by atoms with Gasteiger partial charge in [-0.25, -0.2) is 0 Å². The van der Waals surface area contributed by atoms with Crippen LogP contribution in [0.4, 0.5) is 18.9 Å². The molecule has 2 nitrogen and oxygen atoms in total. The van der Waals surface area contributed by atoms with Gasteiger partial charge in [-0.3, -0.25) is 0 Å². The lowest BCUT2D eigenvalue weighted by Crippen LogP contribution is -2.32. The standard InChI is InChI=1S/C15H20BrF3N2/c1-20(8-9-21-6-2-3-7-21)14-5-4-12(11-16)10-13(14)15(17,18)19/h4-5,10H,2-3,6-9,11H2,1H3. The SMILES string of the molecule is CN(CCN1CCCC1)c1ccc(CBr)cc1C(F)(F)F. The molecule has 0 spiro atoms. The van der Waals surface area contributed by atoms with Gasteiger partial charge < -0.3 is 9.80 Å². The van der Waals surface area contributed by atoms with E-state index < -0.39 is 11.7 Å². The average Bonchev–Trinajstić information content (AvgIpc) is 2.96. The highest BCUT2D eigenvalue weighted by Gasteiger charge is 2.34. The number of likely N-dealkylation sites (tertiary alicyclic amines) is 1. The lowest BCUT2D eigenvalue weighted by Gasteiger charge is -2.26. The van der Waals surface area contributed by atoms with E-state index in [4.69, 9.17) is 0 Å². The second-order valence-corrected chi connectivity index (χ2v) is 6.01. The van der Waals surface area contributed by atoms with Crippen molar-refractivity contribution in [2.75, 3.05) is 38.1 Å². The molecule has 1 aliphatic rings. The van der Waals surface area contributed by atoms with Crippen LogP contribution in [0.1, 0.15) is 24.0 Å². The molecule has 0 saturated carbocycles. The quantitative estimate of drug-likeness (QED) is 0.724. The van der Waals surface area contributed by atoms with Crippen LogP contribution < -0.4 is 4.90 Å². The molecule has 0 amide bonds. The zero-order chi connectivity index (χ0) is 15.5. The summed E-state index contributed by atoms with van der Waals surface area (Å²) >= 11 is 3.21. The smallest absolute Gasteiger partial charge is 0.373 e. The van der Waals surface area contributed by atoms with Crippen LogP contribution in [0.5, 0.6) is 0 Å². The van der Waals surface area contributed by atoms with Crippen LogP contribution in [0.2, 0.25) is 0 Å². The van der Waals surface area contributed by atoms with Gasteiger partial charge in [0.05, 0.1) is 5.56 Å². The Hall–Kier alpha value is -0.750. The minimum Gasteiger partial charge on any atom is -0.373 e. The Morgan fingerprint density at radius 1 is 1.24 bits per heavy atom. The summed E-state index contributed by atoms with van der Waals surface area (Å²) in [5.41, 5.74) is 0.341. The first-order valence-corrected chi connectivity index (χ1v) is 8.23. The molecule has 6 heteroatoms. The third-order valence-electron chi connectivity index (χ3n) is 3.88. The van der Waals surface area contributed by atoms with Gasteiger partial charge in [-0.05, 0) is 43.6 Å². The van der Waals surface area contributed by atoms with E-state index in [2.05, 4.69) is 20.8 Å². The van der Waals surface area contributed by atoms with Gasteiger partial charge in [0.15, 0.2) is 0 Å². The molecule has 0 aliphatic carbocycles. The zero-order valence-corrected chi connectivity index (χ0v) is 13.7. The number of nitrogens with zero attached hydrogens (tertiary/aromatic N) is 2. The number of hydrogen-bond donors (Lipinski definition) is 0. The second kappa shape index (κ2) is 7.01. The van der Waals surface area contributed by atoms with E-state index in [0.29, 0.717) is 17.4 Å². The molecule has 1 aromatic carbocycles. The summed E-state index contributed by atoms with van der Waals surface area (Å²) in [5, 5.41) is 0.424. The maximum atomic E-state index is 13.2. The van der Waals surface area contributed by atoms with E-state index in [1.807, 2.05) is 0 Å². The molecular weight excluding hydrogens is 345 g/mol. The van der Waals surface area contributed by atoms with Crippen molar-refractivity contribution in [3.8, 4) is 0 Å². The van der Waals surface area contributed by atoms with Crippen molar-refractivity contribution in [2.24, 2.45) is 0 Å². The van der Waals surface area contributed by atoms with Gasteiger partial charge in [0.25, 0.3) is 0 Å². The van der Waals surface area contributed by atoms with Crippen LogP contribution in [0, 0.1) is 0 Å². The molecule has 21 heavy (non-hydrogen) atoms. The molecule has 0 bridgehead atoms. The van der Waals surface area contributed by atoms with Crippen LogP contribution in [0.15, 0.2) is 18.2 Å². The summed E-state index contributed by atoms with van der Waals surface area (Å²) in [5.74, 6) is 0. The van der Waals surface area contributed by atoms with Crippen molar-refractivity contribution >= 4 is 21.6 Å². The van der Waals surface area contributed by atoms with E-state index in [-0.39, 0.29) is 5.69 Å². The molecular formula is C15H20BrF3N2. The molecule has 118 valence electrons. The molecule has 1 aromatic rings. The molecule has 1 heterocycles. The lowest BCUT2D eigenvalue weighted by atomic mass is 10.1. The number of likely N-dealkylation sites (N-methyl/N-ethyl adjacent to an activating group) is 1. The Balaban J connectivity index is 2.13. The van der Waals surface area contributed by atoms with Crippen molar-refractivity contribution in [3.05, 3.63) is 29.3 Å². The van der Waals surface area contributed by atoms with E-state index in [9.17, 15) is 13.2 Å². The average molecular weight is 365 g/mol. The summed E-state index contributed by atoms with van der Waals surface area (Å²) in [4.78, 5) is 4.01. The van der Waals surface area contributed by atoms with E-state index in [0.717, 1.165) is 19.6 Å². The predicted molar refractivity (Wildman–Crippen MR) is 83.0 cm³/mol. The van der Waals surface area contributed by atoms with Crippen molar-refractivity contribution in [1.29, 1.82) is 0 Å². The van der Waals surface area contributed by atoms with Gasteiger partial charge in [0, 0.05) is 31.2 Å². The number of rotatable bonds is 5. The van der Waals surface area contributed by atoms with Crippen LogP contribution in [0.3, 0.4) is 0 Å². The summed E-state index contributed by atoms with van der Waals surface area (Å²) < 4.78 is 39.6. The third-order valence-corrected chi connectivity index (χ3v) is 4.53. The Morgan fingerprint density at radius 3 is 2.48 bits per heavy atom. The number of hydrogen-bond acceptors (Lipinski definition) is 2. The highest BCUT2D eigenvalue weighted by molar-refractivity contribution is 9.08. The summed E-state index contributed by atoms with van der Waals surface area (Å²) in [6.45, 7) is 3.54. The monoisotopic (exact) mass is 364 g/mol. The van der Waals surface area contributed by atoms with E-state index >= 15 is 0 Å². The molecule has 0 N–H and O–H groups in total. The van der Waals surface area contributed by atoms with Crippen molar-refractivity contribution in [1.82, 2.24) is 4.90 Å². The second-order valence-electron chi connectivity index (χ2n) is 5.45. The van der Waals surface area contributed by atoms with Crippen LogP contribution in [-0.2, 0) is 11.5 Å². The summed E-state index contributed by atoms with van der Waals surface area (Å²) in [7, 11) is 1.73. The topological polar surface area (TPSA) is 6.48 Å². The first-order valence-electron chi connectivity index (χ1n) is 7.11. The normalized spacial score (nSPS) is 16.4. The van der Waals surface area contributed by atoms with Gasteiger partial charge in [0.2, 0.25) is 0 Å². The Labute approximate surface area is 132 Å². The number of halogens is 4. The molecule has 1 saturated heterocycles. The molecule has 1 fully saturated rings. The van der Waals surface area contributed by atoms with Crippen molar-refractivity contribution in [3.63, 3.8) is 0 Å². The lowest BCUT2D eigenvalue weighted by molar-refractivity contribution is -0.137. The van der Waals surface area contributed by atoms with E-state index in [1.54, 1.807) is 24.1 Å². The predicted octanol–water partition coefficient (Wildman–Crippen LogP) is 4.13. The summed E-state index contributed by atoms with van der Waals surface area (Å²) in [6, 6.07) is 4.55. The zero-order valence-electron chi connectivity index (χ0n) is 12.1. The maximum Gasteiger partial charge on any atom is 0.418 e. The Morgan fingerprint density at radius 2 is 1.90 bits per heavy atom. The largest absolute Gasteiger partial charge is 0.418 e. The van der Waals surface area contributed by atoms with Crippen molar-refractivity contribution in [2.45, 2.75) is 24.3 Å². The molecule has 0 atom stereocenters. The Kier molecular flexibility index (Phi) is 5.54. The number of alkyl halides is 4. The van der Waals surface area contributed by atoms with Crippen LogP contribution in [0.25, 0.3) is 0 Å². The number of benzene rings is 1. The van der Waals surface area contributed by atoms with Crippen LogP contribution >= 0.6 is 15.9 Å². The fourth-order valence-corrected chi connectivity index (χ4v) is 2.99. The fourth-order valence-electron chi connectivity index (χ4n) is 2.64. The highest BCUT2D eigenvalue weighted by Crippen LogP contribution is 2.37. The van der Waals surface area contributed by atoms with E-state index in [1.165, 1.54) is 18.9 Å². The molecule has 2 rings (SSSR count). The van der Waals surface area contributed by atoms with Gasteiger partial charge >= 0.3 is 6.18 Å². The van der Waals surface area contributed by atoms with Gasteiger partial charge in [-0.15, -0.1) is 0 Å². The Bertz CT molecular complexity index is 470. The first-order chi connectivity index (χ1) is 9.91. The van der Waals surface area contributed by atoms with Gasteiger partial charge in [-0.1, -0.05) is 22.0 Å². The van der Waals surface area contributed by atoms with Crippen molar-refractivity contribution < 1.29 is 13.2 Å². The minimum absolute atomic E-state index is 0.256.